The Morgan fingerprint density at radius 3 is 2.34 bits per heavy atom. The van der Waals surface area contributed by atoms with Gasteiger partial charge in [0.15, 0.2) is 23.0 Å². The number of amides is 2. The van der Waals surface area contributed by atoms with E-state index in [4.69, 9.17) is 18.9 Å². The van der Waals surface area contributed by atoms with E-state index >= 15 is 0 Å². The number of allylic oxidation sites excluding steroid dienone is 1. The molecule has 8 nitrogen and oxygen atoms in total. The highest BCUT2D eigenvalue weighted by Crippen LogP contribution is 2.33. The molecular formula is C21H22N2O6. The maximum atomic E-state index is 12.5. The molecule has 0 spiro atoms. The number of nitrogens with one attached hydrogen (secondary N) is 2. The van der Waals surface area contributed by atoms with Crippen LogP contribution in [0.2, 0.25) is 0 Å². The van der Waals surface area contributed by atoms with Gasteiger partial charge in [0.05, 0.1) is 14.2 Å². The summed E-state index contributed by atoms with van der Waals surface area (Å²) in [5.41, 5.74) is 6.17. The lowest BCUT2D eigenvalue weighted by molar-refractivity contribution is 0.0846. The molecule has 0 atom stereocenters. The number of carbonyl (C=O) groups excluding carboxylic acids is 2. The molecule has 0 saturated heterocycles. The maximum absolute atomic E-state index is 12.5. The lowest BCUT2D eigenvalue weighted by atomic mass is 10.1. The summed E-state index contributed by atoms with van der Waals surface area (Å²) in [4.78, 5) is 24.9. The fourth-order valence-corrected chi connectivity index (χ4v) is 2.92. The van der Waals surface area contributed by atoms with Gasteiger partial charge in [-0.2, -0.15) is 0 Å². The molecule has 0 saturated carbocycles. The van der Waals surface area contributed by atoms with Crippen molar-refractivity contribution < 1.29 is 28.5 Å². The van der Waals surface area contributed by atoms with Crippen LogP contribution >= 0.6 is 0 Å². The minimum atomic E-state index is -0.498. The van der Waals surface area contributed by atoms with E-state index in [0.717, 1.165) is 5.56 Å². The van der Waals surface area contributed by atoms with Crippen LogP contribution in [0.5, 0.6) is 23.0 Å². The Bertz CT molecular complexity index is 941. The summed E-state index contributed by atoms with van der Waals surface area (Å²) in [5.74, 6) is 1.03. The second kappa shape index (κ2) is 9.01. The van der Waals surface area contributed by atoms with Gasteiger partial charge in [0.2, 0.25) is 0 Å². The van der Waals surface area contributed by atoms with E-state index in [9.17, 15) is 9.59 Å². The predicted molar refractivity (Wildman–Crippen MR) is 106 cm³/mol. The first-order valence-corrected chi connectivity index (χ1v) is 8.93. The molecule has 2 N–H and O–H groups in total. The van der Waals surface area contributed by atoms with Crippen molar-refractivity contribution in [1.29, 1.82) is 0 Å². The van der Waals surface area contributed by atoms with Crippen LogP contribution < -0.4 is 29.8 Å². The highest BCUT2D eigenvalue weighted by Gasteiger charge is 2.18. The SMILES string of the molecule is C=CCc1cc(C(=O)NNC(=O)c2ccc3c(c2)OCCO3)cc(OC)c1OC. The summed E-state index contributed by atoms with van der Waals surface area (Å²) < 4.78 is 21.6. The third-order valence-corrected chi connectivity index (χ3v) is 4.28. The third kappa shape index (κ3) is 4.43. The molecule has 0 unspecified atom stereocenters. The normalized spacial score (nSPS) is 11.9. The zero-order chi connectivity index (χ0) is 20.8. The Balaban J connectivity index is 1.72. The van der Waals surface area contributed by atoms with E-state index in [1.54, 1.807) is 30.3 Å². The molecule has 1 heterocycles. The summed E-state index contributed by atoms with van der Waals surface area (Å²) in [5, 5.41) is 0. The lowest BCUT2D eigenvalue weighted by Crippen LogP contribution is -2.41. The largest absolute Gasteiger partial charge is 0.493 e. The van der Waals surface area contributed by atoms with Crippen molar-refractivity contribution in [2.75, 3.05) is 27.4 Å². The number of carbonyl (C=O) groups is 2. The van der Waals surface area contributed by atoms with Gasteiger partial charge in [-0.1, -0.05) is 6.08 Å². The van der Waals surface area contributed by atoms with Gasteiger partial charge in [-0.15, -0.1) is 6.58 Å². The first kappa shape index (κ1) is 20.1. The highest BCUT2D eigenvalue weighted by molar-refractivity contribution is 5.99. The molecule has 0 fully saturated rings. The van der Waals surface area contributed by atoms with Crippen molar-refractivity contribution in [3.63, 3.8) is 0 Å². The van der Waals surface area contributed by atoms with Crippen LogP contribution in [0.15, 0.2) is 43.0 Å². The van der Waals surface area contributed by atoms with Crippen LogP contribution in [0, 0.1) is 0 Å². The highest BCUT2D eigenvalue weighted by atomic mass is 16.6. The zero-order valence-corrected chi connectivity index (χ0v) is 16.2. The Morgan fingerprint density at radius 1 is 1.00 bits per heavy atom. The van der Waals surface area contributed by atoms with Gasteiger partial charge in [-0.25, -0.2) is 0 Å². The summed E-state index contributed by atoms with van der Waals surface area (Å²) in [6, 6.07) is 8.01. The van der Waals surface area contributed by atoms with Gasteiger partial charge in [-0.05, 0) is 36.8 Å². The Kier molecular flexibility index (Phi) is 6.23. The summed E-state index contributed by atoms with van der Waals surface area (Å²) in [6.07, 6.45) is 2.19. The van der Waals surface area contributed by atoms with Crippen LogP contribution in [0.25, 0.3) is 0 Å². The molecule has 0 radical (unpaired) electrons. The van der Waals surface area contributed by atoms with E-state index in [-0.39, 0.29) is 0 Å². The molecule has 0 aliphatic carbocycles. The van der Waals surface area contributed by atoms with Gasteiger partial charge in [0.25, 0.3) is 11.8 Å². The molecule has 152 valence electrons. The van der Waals surface area contributed by atoms with Crippen molar-refractivity contribution in [2.45, 2.75) is 6.42 Å². The number of rotatable bonds is 6. The van der Waals surface area contributed by atoms with Gasteiger partial charge in [-0.3, -0.25) is 20.4 Å². The Morgan fingerprint density at radius 2 is 1.69 bits per heavy atom. The predicted octanol–water partition coefficient (Wildman–Crippen LogP) is 2.28. The molecule has 8 heteroatoms. The lowest BCUT2D eigenvalue weighted by Gasteiger charge is -2.18. The summed E-state index contributed by atoms with van der Waals surface area (Å²) in [7, 11) is 3.01. The molecule has 29 heavy (non-hydrogen) atoms. The first-order valence-electron chi connectivity index (χ1n) is 8.93. The van der Waals surface area contributed by atoms with Crippen molar-refractivity contribution in [3.8, 4) is 23.0 Å². The molecule has 0 aromatic heterocycles. The van der Waals surface area contributed by atoms with E-state index in [1.165, 1.54) is 20.3 Å². The molecular weight excluding hydrogens is 376 g/mol. The average Bonchev–Trinajstić information content (AvgIpc) is 2.76. The Labute approximate surface area is 168 Å². The molecule has 2 aromatic rings. The second-order valence-electron chi connectivity index (χ2n) is 6.13. The number of ether oxygens (including phenoxy) is 4. The topological polar surface area (TPSA) is 95.1 Å². The number of benzene rings is 2. The smallest absolute Gasteiger partial charge is 0.269 e. The van der Waals surface area contributed by atoms with Crippen LogP contribution in [0.4, 0.5) is 0 Å². The van der Waals surface area contributed by atoms with Crippen LogP contribution in [-0.2, 0) is 6.42 Å². The van der Waals surface area contributed by atoms with Crippen molar-refractivity contribution in [2.24, 2.45) is 0 Å². The Hall–Kier alpha value is -3.68. The number of fused-ring (bicyclic) bond motifs is 1. The van der Waals surface area contributed by atoms with Gasteiger partial charge in [0, 0.05) is 16.7 Å². The van der Waals surface area contributed by atoms with E-state index in [1.807, 2.05) is 0 Å². The van der Waals surface area contributed by atoms with Crippen LogP contribution in [0.1, 0.15) is 26.3 Å². The third-order valence-electron chi connectivity index (χ3n) is 4.28. The number of methoxy groups -OCH3 is 2. The fraction of sp³-hybridized carbons (Fsp3) is 0.238. The van der Waals surface area contributed by atoms with Gasteiger partial charge in [0.1, 0.15) is 13.2 Å². The maximum Gasteiger partial charge on any atom is 0.269 e. The average molecular weight is 398 g/mol. The first-order chi connectivity index (χ1) is 14.1. The number of hydrazine groups is 1. The number of hydrogen-bond donors (Lipinski definition) is 2. The summed E-state index contributed by atoms with van der Waals surface area (Å²) in [6.45, 7) is 4.60. The minimum absolute atomic E-state index is 0.307. The summed E-state index contributed by atoms with van der Waals surface area (Å²) >= 11 is 0. The molecule has 0 bridgehead atoms. The quantitative estimate of drug-likeness (QED) is 0.573. The number of hydrogen-bond acceptors (Lipinski definition) is 6. The molecule has 2 amide bonds. The van der Waals surface area contributed by atoms with Crippen molar-refractivity contribution >= 4 is 11.8 Å². The van der Waals surface area contributed by atoms with Crippen molar-refractivity contribution in [3.05, 3.63) is 59.7 Å². The van der Waals surface area contributed by atoms with Gasteiger partial charge >= 0.3 is 0 Å². The zero-order valence-electron chi connectivity index (χ0n) is 16.2. The molecule has 3 rings (SSSR count). The fourth-order valence-electron chi connectivity index (χ4n) is 2.92. The standard InChI is InChI=1S/C21H22N2O6/c1-4-5-13-10-15(12-18(26-2)19(13)27-3)21(25)23-22-20(24)14-6-7-16-17(11-14)29-9-8-28-16/h4,6-7,10-12H,1,5,8-9H2,2-3H3,(H,22,24)(H,23,25). The van der Waals surface area contributed by atoms with E-state index < -0.39 is 11.8 Å². The van der Waals surface area contributed by atoms with Gasteiger partial charge < -0.3 is 18.9 Å². The van der Waals surface area contributed by atoms with E-state index in [0.29, 0.717) is 53.8 Å². The molecule has 1 aliphatic heterocycles. The monoisotopic (exact) mass is 398 g/mol. The molecule has 2 aromatic carbocycles. The molecule has 1 aliphatic rings. The van der Waals surface area contributed by atoms with Crippen LogP contribution in [0.3, 0.4) is 0 Å². The minimum Gasteiger partial charge on any atom is -0.493 e. The van der Waals surface area contributed by atoms with Crippen molar-refractivity contribution in [1.82, 2.24) is 10.9 Å². The second-order valence-corrected chi connectivity index (χ2v) is 6.13. The van der Waals surface area contributed by atoms with Crippen LogP contribution in [-0.4, -0.2) is 39.2 Å². The van der Waals surface area contributed by atoms with E-state index in [2.05, 4.69) is 17.4 Å².